The van der Waals surface area contributed by atoms with Crippen molar-refractivity contribution in [3.63, 3.8) is 0 Å². The fraction of sp³-hybridized carbons (Fsp3) is 0.480. The number of para-hydroxylation sites is 1. The van der Waals surface area contributed by atoms with E-state index in [0.29, 0.717) is 22.7 Å². The van der Waals surface area contributed by atoms with Crippen LogP contribution in [-0.2, 0) is 17.6 Å². The third kappa shape index (κ3) is 4.13. The van der Waals surface area contributed by atoms with Crippen molar-refractivity contribution in [1.29, 1.82) is 0 Å². The van der Waals surface area contributed by atoms with Crippen LogP contribution >= 0.6 is 23.1 Å². The highest BCUT2D eigenvalue weighted by atomic mass is 32.2. The van der Waals surface area contributed by atoms with Gasteiger partial charge in [-0.05, 0) is 61.6 Å². The molecule has 5 nitrogen and oxygen atoms in total. The fourth-order valence-electron chi connectivity index (χ4n) is 5.17. The Hall–Kier alpha value is -2.12. The summed E-state index contributed by atoms with van der Waals surface area (Å²) in [6.07, 6.45) is 5.47. The molecule has 168 valence electrons. The molecule has 1 aromatic carbocycles. The van der Waals surface area contributed by atoms with Crippen LogP contribution in [0.1, 0.15) is 43.6 Å². The van der Waals surface area contributed by atoms with Crippen LogP contribution in [0.5, 0.6) is 0 Å². The van der Waals surface area contributed by atoms with Crippen molar-refractivity contribution in [2.24, 2.45) is 11.8 Å². The van der Waals surface area contributed by atoms with Crippen molar-refractivity contribution in [3.05, 3.63) is 51.1 Å². The van der Waals surface area contributed by atoms with Gasteiger partial charge in [0.25, 0.3) is 5.56 Å². The van der Waals surface area contributed by atoms with E-state index in [1.165, 1.54) is 35.0 Å². The molecule has 32 heavy (non-hydrogen) atoms. The average molecular weight is 468 g/mol. The number of amides is 1. The Balaban J connectivity index is 1.52. The zero-order valence-electron chi connectivity index (χ0n) is 18.7. The van der Waals surface area contributed by atoms with E-state index >= 15 is 0 Å². The number of fused-ring (bicyclic) bond motifs is 3. The number of piperidine rings is 1. The molecule has 2 unspecified atom stereocenters. The van der Waals surface area contributed by atoms with Crippen LogP contribution in [0.25, 0.3) is 15.9 Å². The van der Waals surface area contributed by atoms with E-state index in [1.807, 2.05) is 35.2 Å². The number of aryl methyl sites for hydroxylation is 2. The number of nitrogens with zero attached hydrogens (tertiary/aromatic N) is 3. The van der Waals surface area contributed by atoms with E-state index in [9.17, 15) is 9.59 Å². The lowest BCUT2D eigenvalue weighted by atomic mass is 9.92. The van der Waals surface area contributed by atoms with Gasteiger partial charge in [0.1, 0.15) is 4.83 Å². The Bertz CT molecular complexity index is 1190. The summed E-state index contributed by atoms with van der Waals surface area (Å²) < 4.78 is 1.71. The van der Waals surface area contributed by atoms with Crippen LogP contribution in [0.4, 0.5) is 0 Å². The second-order valence-corrected chi connectivity index (χ2v) is 11.3. The maximum atomic E-state index is 13.7. The summed E-state index contributed by atoms with van der Waals surface area (Å²) in [5.74, 6) is 1.49. The number of likely N-dealkylation sites (tertiary alicyclic amines) is 1. The Labute approximate surface area is 196 Å². The number of rotatable bonds is 4. The number of carbonyl (C=O) groups excluding carboxylic acids is 1. The van der Waals surface area contributed by atoms with Crippen molar-refractivity contribution in [3.8, 4) is 5.69 Å². The molecule has 1 fully saturated rings. The molecule has 2 aliphatic rings. The van der Waals surface area contributed by atoms with Gasteiger partial charge in [-0.2, -0.15) is 0 Å². The highest BCUT2D eigenvalue weighted by molar-refractivity contribution is 7.99. The lowest BCUT2D eigenvalue weighted by Crippen LogP contribution is -2.43. The second kappa shape index (κ2) is 9.02. The number of carbonyl (C=O) groups is 1. The van der Waals surface area contributed by atoms with Gasteiger partial charge in [-0.3, -0.25) is 14.2 Å². The lowest BCUT2D eigenvalue weighted by molar-refractivity contribution is -0.130. The molecule has 0 bridgehead atoms. The summed E-state index contributed by atoms with van der Waals surface area (Å²) in [4.78, 5) is 35.8. The maximum absolute atomic E-state index is 13.7. The lowest BCUT2D eigenvalue weighted by Gasteiger charge is -2.35. The summed E-state index contributed by atoms with van der Waals surface area (Å²) in [5.41, 5.74) is 2.00. The molecule has 1 saturated heterocycles. The molecule has 1 aliphatic carbocycles. The number of hydrogen-bond donors (Lipinski definition) is 0. The van der Waals surface area contributed by atoms with Crippen LogP contribution in [0.15, 0.2) is 40.3 Å². The number of thiophene rings is 1. The summed E-state index contributed by atoms with van der Waals surface area (Å²) in [6, 6.07) is 9.69. The minimum absolute atomic E-state index is 0.00392. The highest BCUT2D eigenvalue weighted by Crippen LogP contribution is 2.35. The van der Waals surface area contributed by atoms with E-state index in [1.54, 1.807) is 15.9 Å². The number of hydrogen-bond acceptors (Lipinski definition) is 5. The Morgan fingerprint density at radius 1 is 1.12 bits per heavy atom. The van der Waals surface area contributed by atoms with Crippen LogP contribution in [0.2, 0.25) is 0 Å². The quantitative estimate of drug-likeness (QED) is 0.404. The molecule has 0 spiro atoms. The van der Waals surface area contributed by atoms with Crippen LogP contribution in [-0.4, -0.2) is 39.2 Å². The molecule has 0 radical (unpaired) electrons. The first kappa shape index (κ1) is 21.7. The molecule has 3 aromatic rings. The molecule has 2 atom stereocenters. The predicted molar refractivity (Wildman–Crippen MR) is 132 cm³/mol. The average Bonchev–Trinajstić information content (AvgIpc) is 3.16. The standard InChI is InChI=1S/C25H29N3O2S2/c1-16-12-17(2)14-27(13-16)21(29)15-31-25-26-23-22(19-10-6-7-11-20(19)32-23)24(30)28(25)18-8-4-3-5-9-18/h3-5,8-9,16-17H,6-7,10-15H2,1-2H3. The molecule has 3 heterocycles. The number of benzene rings is 1. The summed E-state index contributed by atoms with van der Waals surface area (Å²) in [5, 5.41) is 1.39. The molecular formula is C25H29N3O2S2. The highest BCUT2D eigenvalue weighted by Gasteiger charge is 2.27. The van der Waals surface area contributed by atoms with Crippen LogP contribution < -0.4 is 5.56 Å². The van der Waals surface area contributed by atoms with E-state index in [-0.39, 0.29) is 11.5 Å². The van der Waals surface area contributed by atoms with Gasteiger partial charge >= 0.3 is 0 Å². The van der Waals surface area contributed by atoms with Gasteiger partial charge in [-0.1, -0.05) is 43.8 Å². The van der Waals surface area contributed by atoms with Gasteiger partial charge in [0.05, 0.1) is 16.8 Å². The van der Waals surface area contributed by atoms with Crippen LogP contribution in [0.3, 0.4) is 0 Å². The first-order valence-corrected chi connectivity index (χ1v) is 13.3. The molecule has 1 amide bonds. The van der Waals surface area contributed by atoms with Crippen molar-refractivity contribution < 1.29 is 4.79 Å². The van der Waals surface area contributed by atoms with Gasteiger partial charge in [-0.25, -0.2) is 4.98 Å². The molecule has 1 aliphatic heterocycles. The summed E-state index contributed by atoms with van der Waals surface area (Å²) in [7, 11) is 0. The van der Waals surface area contributed by atoms with Crippen molar-refractivity contribution in [1.82, 2.24) is 14.5 Å². The Kier molecular flexibility index (Phi) is 6.12. The summed E-state index contributed by atoms with van der Waals surface area (Å²) >= 11 is 3.05. The van der Waals surface area contributed by atoms with Crippen molar-refractivity contribution >= 4 is 39.2 Å². The number of thioether (sulfide) groups is 1. The van der Waals surface area contributed by atoms with Crippen molar-refractivity contribution in [2.45, 2.75) is 51.1 Å². The maximum Gasteiger partial charge on any atom is 0.267 e. The van der Waals surface area contributed by atoms with E-state index in [4.69, 9.17) is 4.98 Å². The zero-order valence-corrected chi connectivity index (χ0v) is 20.3. The SMILES string of the molecule is CC1CC(C)CN(C(=O)CSc2nc3sc4c(c3c(=O)n2-c2ccccc2)CCCC4)C1. The predicted octanol–water partition coefficient (Wildman–Crippen LogP) is 4.92. The van der Waals surface area contributed by atoms with Gasteiger partial charge in [-0.15, -0.1) is 11.3 Å². The molecular weight excluding hydrogens is 438 g/mol. The largest absolute Gasteiger partial charge is 0.341 e. The van der Waals surface area contributed by atoms with Gasteiger partial charge in [0.15, 0.2) is 5.16 Å². The van der Waals surface area contributed by atoms with Gasteiger partial charge < -0.3 is 4.90 Å². The minimum Gasteiger partial charge on any atom is -0.341 e. The Morgan fingerprint density at radius 3 is 2.59 bits per heavy atom. The molecule has 0 saturated carbocycles. The Morgan fingerprint density at radius 2 is 1.84 bits per heavy atom. The van der Waals surface area contributed by atoms with Crippen molar-refractivity contribution in [2.75, 3.05) is 18.8 Å². The first-order chi connectivity index (χ1) is 15.5. The first-order valence-electron chi connectivity index (χ1n) is 11.5. The molecule has 2 aromatic heterocycles. The third-order valence-electron chi connectivity index (χ3n) is 6.52. The van der Waals surface area contributed by atoms with Gasteiger partial charge in [0, 0.05) is 18.0 Å². The monoisotopic (exact) mass is 467 g/mol. The second-order valence-electron chi connectivity index (χ2n) is 9.29. The normalized spacial score (nSPS) is 21.0. The topological polar surface area (TPSA) is 55.2 Å². The van der Waals surface area contributed by atoms with E-state index < -0.39 is 0 Å². The minimum atomic E-state index is -0.00392. The number of aromatic nitrogens is 2. The van der Waals surface area contributed by atoms with Crippen LogP contribution in [0, 0.1) is 11.8 Å². The van der Waals surface area contributed by atoms with Gasteiger partial charge in [0.2, 0.25) is 5.91 Å². The van der Waals surface area contributed by atoms with E-state index in [0.717, 1.165) is 48.3 Å². The third-order valence-corrected chi connectivity index (χ3v) is 8.63. The fourth-order valence-corrected chi connectivity index (χ4v) is 7.39. The smallest absolute Gasteiger partial charge is 0.267 e. The summed E-state index contributed by atoms with van der Waals surface area (Å²) in [6.45, 7) is 6.06. The van der Waals surface area contributed by atoms with E-state index in [2.05, 4.69) is 13.8 Å². The zero-order chi connectivity index (χ0) is 22.2. The molecule has 7 heteroatoms. The molecule has 5 rings (SSSR count). The molecule has 0 N–H and O–H groups in total.